The molecule has 2 N–H and O–H groups in total. The van der Waals surface area contributed by atoms with Crippen LogP contribution in [-0.2, 0) is 11.3 Å². The largest absolute Gasteiger partial charge is 0.380 e. The molecule has 0 aliphatic carbocycles. The van der Waals surface area contributed by atoms with Crippen molar-refractivity contribution in [2.75, 3.05) is 31.2 Å². The fourth-order valence-electron chi connectivity index (χ4n) is 1.81. The monoisotopic (exact) mass is 256 g/mol. The van der Waals surface area contributed by atoms with E-state index < -0.39 is 0 Å². The van der Waals surface area contributed by atoms with Gasteiger partial charge in [0.15, 0.2) is 0 Å². The highest BCUT2D eigenvalue weighted by Crippen LogP contribution is 2.26. The van der Waals surface area contributed by atoms with Gasteiger partial charge in [-0.1, -0.05) is 17.7 Å². The Hall–Kier alpha value is -0.770. The summed E-state index contributed by atoms with van der Waals surface area (Å²) in [5.74, 6) is 0. The Morgan fingerprint density at radius 3 is 2.71 bits per heavy atom. The molecule has 0 amide bonds. The summed E-state index contributed by atoms with van der Waals surface area (Å²) in [5.41, 5.74) is 7.88. The second-order valence-electron chi connectivity index (χ2n) is 3.72. The van der Waals surface area contributed by atoms with Gasteiger partial charge in [-0.2, -0.15) is 0 Å². The molecule has 0 atom stereocenters. The molecule has 0 fully saturated rings. The van der Waals surface area contributed by atoms with Crippen molar-refractivity contribution in [2.24, 2.45) is 5.73 Å². The number of anilines is 1. The van der Waals surface area contributed by atoms with Crippen molar-refractivity contribution in [1.29, 1.82) is 0 Å². The van der Waals surface area contributed by atoms with Gasteiger partial charge < -0.3 is 15.4 Å². The lowest BCUT2D eigenvalue weighted by Gasteiger charge is -2.25. The summed E-state index contributed by atoms with van der Waals surface area (Å²) in [7, 11) is 0. The summed E-state index contributed by atoms with van der Waals surface area (Å²) in [4.78, 5) is 2.24. The fourth-order valence-corrected chi connectivity index (χ4v) is 2.06. The predicted molar refractivity (Wildman–Crippen MR) is 73.7 cm³/mol. The zero-order valence-electron chi connectivity index (χ0n) is 10.6. The van der Waals surface area contributed by atoms with Crippen molar-refractivity contribution in [2.45, 2.75) is 20.4 Å². The smallest absolute Gasteiger partial charge is 0.0641 e. The van der Waals surface area contributed by atoms with Gasteiger partial charge in [-0.15, -0.1) is 0 Å². The second kappa shape index (κ2) is 7.54. The van der Waals surface area contributed by atoms with Crippen LogP contribution in [0.5, 0.6) is 0 Å². The molecule has 0 aliphatic heterocycles. The summed E-state index contributed by atoms with van der Waals surface area (Å²) in [6.45, 7) is 7.82. The van der Waals surface area contributed by atoms with E-state index in [1.165, 1.54) is 0 Å². The van der Waals surface area contributed by atoms with Crippen LogP contribution in [0.25, 0.3) is 0 Å². The summed E-state index contributed by atoms with van der Waals surface area (Å²) in [5, 5.41) is 0.736. The number of rotatable bonds is 7. The molecule has 17 heavy (non-hydrogen) atoms. The van der Waals surface area contributed by atoms with Crippen LogP contribution < -0.4 is 10.6 Å². The van der Waals surface area contributed by atoms with Gasteiger partial charge in [0.05, 0.1) is 6.61 Å². The number of benzene rings is 1. The van der Waals surface area contributed by atoms with Gasteiger partial charge in [0, 0.05) is 42.5 Å². The highest BCUT2D eigenvalue weighted by atomic mass is 35.5. The van der Waals surface area contributed by atoms with Crippen LogP contribution in [0.2, 0.25) is 5.02 Å². The van der Waals surface area contributed by atoms with Crippen molar-refractivity contribution in [1.82, 2.24) is 0 Å². The lowest BCUT2D eigenvalue weighted by atomic mass is 10.1. The molecular formula is C13H21ClN2O. The van der Waals surface area contributed by atoms with E-state index in [-0.39, 0.29) is 0 Å². The maximum absolute atomic E-state index is 6.15. The maximum atomic E-state index is 6.15. The topological polar surface area (TPSA) is 38.5 Å². The van der Waals surface area contributed by atoms with Gasteiger partial charge in [0.25, 0.3) is 0 Å². The van der Waals surface area contributed by atoms with Gasteiger partial charge in [-0.3, -0.25) is 0 Å². The summed E-state index contributed by atoms with van der Waals surface area (Å²) >= 11 is 6.15. The molecule has 0 radical (unpaired) electrons. The molecular weight excluding hydrogens is 236 g/mol. The third-order valence-corrected chi connectivity index (χ3v) is 3.08. The summed E-state index contributed by atoms with van der Waals surface area (Å²) < 4.78 is 5.39. The molecule has 1 aromatic carbocycles. The van der Waals surface area contributed by atoms with E-state index in [9.17, 15) is 0 Å². The van der Waals surface area contributed by atoms with Crippen molar-refractivity contribution in [3.05, 3.63) is 28.8 Å². The van der Waals surface area contributed by atoms with E-state index in [1.54, 1.807) is 0 Å². The molecule has 96 valence electrons. The first kappa shape index (κ1) is 14.3. The number of halogens is 1. The number of ether oxygens (including phenoxy) is 1. The predicted octanol–water partition coefficient (Wildman–Crippen LogP) is 2.66. The molecule has 0 saturated carbocycles. The molecule has 0 aromatic heterocycles. The van der Waals surface area contributed by atoms with Crippen LogP contribution in [0, 0.1) is 0 Å². The molecule has 0 heterocycles. The van der Waals surface area contributed by atoms with E-state index in [0.29, 0.717) is 6.54 Å². The van der Waals surface area contributed by atoms with Crippen LogP contribution in [0.3, 0.4) is 0 Å². The highest BCUT2D eigenvalue weighted by molar-refractivity contribution is 6.31. The van der Waals surface area contributed by atoms with Crippen LogP contribution in [0.15, 0.2) is 18.2 Å². The molecule has 0 bridgehead atoms. The first-order valence-corrected chi connectivity index (χ1v) is 6.42. The maximum Gasteiger partial charge on any atom is 0.0641 e. The first-order chi connectivity index (χ1) is 8.24. The normalized spacial score (nSPS) is 10.6. The number of nitrogens with two attached hydrogens (primary N) is 1. The average Bonchev–Trinajstić information content (AvgIpc) is 2.34. The van der Waals surface area contributed by atoms with Crippen LogP contribution in [-0.4, -0.2) is 26.3 Å². The zero-order chi connectivity index (χ0) is 12.7. The Kier molecular flexibility index (Phi) is 6.34. The van der Waals surface area contributed by atoms with Crippen molar-refractivity contribution in [3.8, 4) is 0 Å². The standard InChI is InChI=1S/C13H21ClN2O/c1-3-16(8-9-17-4-2)13-7-5-6-12(14)11(13)10-15/h5-7H,3-4,8-10,15H2,1-2H3. The Bertz CT molecular complexity index is 344. The van der Waals surface area contributed by atoms with Crippen LogP contribution >= 0.6 is 11.6 Å². The number of likely N-dealkylation sites (N-methyl/N-ethyl adjacent to an activating group) is 1. The summed E-state index contributed by atoms with van der Waals surface area (Å²) in [6.07, 6.45) is 0. The van der Waals surface area contributed by atoms with E-state index in [0.717, 1.165) is 42.6 Å². The Balaban J connectivity index is 2.83. The molecule has 3 nitrogen and oxygen atoms in total. The lowest BCUT2D eigenvalue weighted by molar-refractivity contribution is 0.154. The third kappa shape index (κ3) is 3.87. The zero-order valence-corrected chi connectivity index (χ0v) is 11.3. The lowest BCUT2D eigenvalue weighted by Crippen LogP contribution is -2.28. The fraction of sp³-hybridized carbons (Fsp3) is 0.538. The molecule has 0 spiro atoms. The van der Waals surface area contributed by atoms with Gasteiger partial charge in [0.1, 0.15) is 0 Å². The van der Waals surface area contributed by atoms with Crippen molar-refractivity contribution >= 4 is 17.3 Å². The molecule has 0 aliphatic rings. The Labute approximate surface area is 109 Å². The average molecular weight is 257 g/mol. The summed E-state index contributed by atoms with van der Waals surface area (Å²) in [6, 6.07) is 5.90. The molecule has 0 unspecified atom stereocenters. The molecule has 4 heteroatoms. The minimum absolute atomic E-state index is 0.458. The van der Waals surface area contributed by atoms with E-state index in [4.69, 9.17) is 22.1 Å². The number of nitrogens with zero attached hydrogens (tertiary/aromatic N) is 1. The molecule has 1 aromatic rings. The first-order valence-electron chi connectivity index (χ1n) is 6.04. The Morgan fingerprint density at radius 1 is 1.35 bits per heavy atom. The molecule has 1 rings (SSSR count). The van der Waals surface area contributed by atoms with Gasteiger partial charge in [0.2, 0.25) is 0 Å². The van der Waals surface area contributed by atoms with Crippen LogP contribution in [0.4, 0.5) is 5.69 Å². The minimum Gasteiger partial charge on any atom is -0.380 e. The van der Waals surface area contributed by atoms with Gasteiger partial charge in [-0.25, -0.2) is 0 Å². The quantitative estimate of drug-likeness (QED) is 0.763. The molecule has 0 saturated heterocycles. The van der Waals surface area contributed by atoms with Crippen molar-refractivity contribution < 1.29 is 4.74 Å². The van der Waals surface area contributed by atoms with Gasteiger partial charge in [-0.05, 0) is 26.0 Å². The number of hydrogen-bond acceptors (Lipinski definition) is 3. The Morgan fingerprint density at radius 2 is 2.12 bits per heavy atom. The SMILES string of the molecule is CCOCCN(CC)c1cccc(Cl)c1CN. The van der Waals surface area contributed by atoms with Crippen molar-refractivity contribution in [3.63, 3.8) is 0 Å². The third-order valence-electron chi connectivity index (χ3n) is 2.73. The number of hydrogen-bond donors (Lipinski definition) is 1. The van der Waals surface area contributed by atoms with E-state index in [2.05, 4.69) is 17.9 Å². The minimum atomic E-state index is 0.458. The van der Waals surface area contributed by atoms with Crippen LogP contribution in [0.1, 0.15) is 19.4 Å². The van der Waals surface area contributed by atoms with E-state index in [1.807, 2.05) is 19.1 Å². The van der Waals surface area contributed by atoms with Gasteiger partial charge >= 0.3 is 0 Å². The second-order valence-corrected chi connectivity index (χ2v) is 4.13. The highest BCUT2D eigenvalue weighted by Gasteiger charge is 2.11. The van der Waals surface area contributed by atoms with E-state index >= 15 is 0 Å².